The normalized spacial score (nSPS) is 11.0. The van der Waals surface area contributed by atoms with E-state index in [2.05, 4.69) is 15.9 Å². The lowest BCUT2D eigenvalue weighted by Crippen LogP contribution is -2.07. The van der Waals surface area contributed by atoms with Crippen molar-refractivity contribution in [2.24, 2.45) is 0 Å². The Hall–Kier alpha value is -2.20. The van der Waals surface area contributed by atoms with E-state index in [9.17, 15) is 13.2 Å². The quantitative estimate of drug-likeness (QED) is 0.792. The fraction of sp³-hybridized carbons (Fsp3) is 0.0714. The zero-order valence-electron chi connectivity index (χ0n) is 10.4. The van der Waals surface area contributed by atoms with Crippen molar-refractivity contribution >= 4 is 21.6 Å². The molecule has 3 nitrogen and oxygen atoms in total. The average molecular weight is 357 g/mol. The van der Waals surface area contributed by atoms with Crippen molar-refractivity contribution in [2.75, 3.05) is 5.73 Å². The number of nitriles is 1. The van der Waals surface area contributed by atoms with Crippen LogP contribution in [0.4, 0.5) is 18.9 Å². The molecule has 2 aromatic rings. The Morgan fingerprint density at radius 3 is 2.38 bits per heavy atom. The fourth-order valence-electron chi connectivity index (χ4n) is 1.66. The van der Waals surface area contributed by atoms with Crippen molar-refractivity contribution in [3.63, 3.8) is 0 Å². The van der Waals surface area contributed by atoms with Gasteiger partial charge in [0.15, 0.2) is 0 Å². The van der Waals surface area contributed by atoms with Crippen molar-refractivity contribution in [2.45, 2.75) is 6.18 Å². The molecule has 0 radical (unpaired) electrons. The third-order valence-electron chi connectivity index (χ3n) is 2.59. The molecule has 108 valence electrons. The lowest BCUT2D eigenvalue weighted by atomic mass is 10.1. The first kappa shape index (κ1) is 15.2. The van der Waals surface area contributed by atoms with Gasteiger partial charge in [-0.3, -0.25) is 0 Å². The fourth-order valence-corrected chi connectivity index (χ4v) is 2.02. The number of halogens is 4. The van der Waals surface area contributed by atoms with E-state index in [0.29, 0.717) is 5.69 Å². The minimum atomic E-state index is -4.57. The van der Waals surface area contributed by atoms with Gasteiger partial charge in [0.2, 0.25) is 0 Å². The molecule has 0 spiro atoms. The first-order valence-electron chi connectivity index (χ1n) is 5.65. The van der Waals surface area contributed by atoms with Crippen molar-refractivity contribution in [3.8, 4) is 17.6 Å². The smallest absolute Gasteiger partial charge is 0.420 e. The third kappa shape index (κ3) is 3.47. The van der Waals surface area contributed by atoms with E-state index in [1.54, 1.807) is 0 Å². The number of alkyl halides is 3. The van der Waals surface area contributed by atoms with Crippen LogP contribution in [0.1, 0.15) is 11.1 Å². The van der Waals surface area contributed by atoms with Crippen molar-refractivity contribution in [3.05, 3.63) is 52.0 Å². The third-order valence-corrected chi connectivity index (χ3v) is 3.08. The summed E-state index contributed by atoms with van der Waals surface area (Å²) in [6.07, 6.45) is -4.57. The number of hydrogen-bond donors (Lipinski definition) is 1. The topological polar surface area (TPSA) is 59.0 Å². The maximum absolute atomic E-state index is 13.0. The second-order valence-electron chi connectivity index (χ2n) is 4.11. The summed E-state index contributed by atoms with van der Waals surface area (Å²) in [6, 6.07) is 9.49. The lowest BCUT2D eigenvalue weighted by Gasteiger charge is -2.15. The summed E-state index contributed by atoms with van der Waals surface area (Å²) in [4.78, 5) is 0. The molecule has 0 amide bonds. The zero-order valence-corrected chi connectivity index (χ0v) is 12.0. The molecule has 0 unspecified atom stereocenters. The van der Waals surface area contributed by atoms with E-state index in [-0.39, 0.29) is 21.5 Å². The molecule has 7 heteroatoms. The summed E-state index contributed by atoms with van der Waals surface area (Å²) in [5.74, 6) is -0.369. The maximum Gasteiger partial charge on any atom is 0.420 e. The Balaban J connectivity index is 2.48. The van der Waals surface area contributed by atoms with Crippen LogP contribution in [0.3, 0.4) is 0 Å². The Bertz CT molecular complexity index is 723. The Morgan fingerprint density at radius 2 is 1.76 bits per heavy atom. The van der Waals surface area contributed by atoms with E-state index >= 15 is 0 Å². The molecule has 0 saturated carbocycles. The van der Waals surface area contributed by atoms with Gasteiger partial charge in [0.1, 0.15) is 17.6 Å². The van der Waals surface area contributed by atoms with Crippen LogP contribution in [0.15, 0.2) is 40.9 Å². The molecule has 0 fully saturated rings. The number of nitrogens with zero attached hydrogens (tertiary/aromatic N) is 1. The van der Waals surface area contributed by atoms with Crippen molar-refractivity contribution in [1.29, 1.82) is 5.26 Å². The number of hydrogen-bond acceptors (Lipinski definition) is 3. The van der Waals surface area contributed by atoms with Crippen LogP contribution < -0.4 is 10.5 Å². The number of rotatable bonds is 2. The number of benzene rings is 2. The minimum Gasteiger partial charge on any atom is -0.455 e. The van der Waals surface area contributed by atoms with Gasteiger partial charge >= 0.3 is 6.18 Å². The van der Waals surface area contributed by atoms with Crippen molar-refractivity contribution in [1.82, 2.24) is 0 Å². The highest BCUT2D eigenvalue weighted by Gasteiger charge is 2.35. The summed E-state index contributed by atoms with van der Waals surface area (Å²) < 4.78 is 44.5. The Kier molecular flexibility index (Phi) is 4.09. The van der Waals surface area contributed by atoms with Crippen LogP contribution in [-0.2, 0) is 6.18 Å². The van der Waals surface area contributed by atoms with Gasteiger partial charge in [-0.05, 0) is 36.4 Å². The SMILES string of the molecule is N#Cc1cc(N)ccc1Oc1ccc(Br)cc1C(F)(F)F. The maximum atomic E-state index is 13.0. The molecule has 0 aromatic heterocycles. The lowest BCUT2D eigenvalue weighted by molar-refractivity contribution is -0.138. The van der Waals surface area contributed by atoms with Crippen LogP contribution in [0.5, 0.6) is 11.5 Å². The Labute approximate surface area is 126 Å². The van der Waals surface area contributed by atoms with Crippen LogP contribution in [-0.4, -0.2) is 0 Å². The number of ether oxygens (including phenoxy) is 1. The summed E-state index contributed by atoms with van der Waals surface area (Å²) in [5, 5.41) is 8.98. The molecule has 0 aliphatic carbocycles. The zero-order chi connectivity index (χ0) is 15.6. The van der Waals surface area contributed by atoms with Gasteiger partial charge in [0.05, 0.1) is 11.1 Å². The molecule has 0 heterocycles. The van der Waals surface area contributed by atoms with Gasteiger partial charge in [0.25, 0.3) is 0 Å². The van der Waals surface area contributed by atoms with Gasteiger partial charge in [-0.25, -0.2) is 0 Å². The van der Waals surface area contributed by atoms with E-state index in [4.69, 9.17) is 15.7 Å². The van der Waals surface area contributed by atoms with Crippen molar-refractivity contribution < 1.29 is 17.9 Å². The summed E-state index contributed by atoms with van der Waals surface area (Å²) in [5.41, 5.74) is 4.98. The van der Waals surface area contributed by atoms with Crippen LogP contribution in [0.2, 0.25) is 0 Å². The predicted molar refractivity (Wildman–Crippen MR) is 74.8 cm³/mol. The molecule has 2 N–H and O–H groups in total. The minimum absolute atomic E-state index is 0.0134. The van der Waals surface area contributed by atoms with E-state index < -0.39 is 11.7 Å². The first-order chi connectivity index (χ1) is 9.81. The van der Waals surface area contributed by atoms with Gasteiger partial charge < -0.3 is 10.5 Å². The number of nitrogen functional groups attached to an aromatic ring is 1. The summed E-state index contributed by atoms with van der Waals surface area (Å²) in [6.45, 7) is 0. The number of anilines is 1. The van der Waals surface area contributed by atoms with Gasteiger partial charge in [-0.2, -0.15) is 18.4 Å². The van der Waals surface area contributed by atoms with Gasteiger partial charge in [0, 0.05) is 10.2 Å². The number of nitrogens with two attached hydrogens (primary N) is 1. The highest BCUT2D eigenvalue weighted by atomic mass is 79.9. The van der Waals surface area contributed by atoms with E-state index in [1.165, 1.54) is 30.3 Å². The highest BCUT2D eigenvalue weighted by Crippen LogP contribution is 2.40. The average Bonchev–Trinajstić information content (AvgIpc) is 2.41. The molecule has 0 saturated heterocycles. The highest BCUT2D eigenvalue weighted by molar-refractivity contribution is 9.10. The molecular weight excluding hydrogens is 349 g/mol. The van der Waals surface area contributed by atoms with Gasteiger partial charge in [-0.1, -0.05) is 15.9 Å². The van der Waals surface area contributed by atoms with Crippen LogP contribution >= 0.6 is 15.9 Å². The van der Waals surface area contributed by atoms with E-state index in [0.717, 1.165) is 6.07 Å². The van der Waals surface area contributed by atoms with Crippen LogP contribution in [0.25, 0.3) is 0 Å². The molecule has 0 atom stereocenters. The predicted octanol–water partition coefficient (Wildman–Crippen LogP) is 4.71. The molecule has 0 aliphatic heterocycles. The summed E-state index contributed by atoms with van der Waals surface area (Å²) in [7, 11) is 0. The molecule has 21 heavy (non-hydrogen) atoms. The standard InChI is InChI=1S/C14H8BrF3N2O/c15-9-1-3-13(11(6-9)14(16,17)18)21-12-4-2-10(20)5-8(12)7-19/h1-6H,20H2. The first-order valence-corrected chi connectivity index (χ1v) is 6.45. The molecule has 0 aliphatic rings. The molecular formula is C14H8BrF3N2O. The second kappa shape index (κ2) is 5.66. The molecule has 2 rings (SSSR count). The second-order valence-corrected chi connectivity index (χ2v) is 5.02. The monoisotopic (exact) mass is 356 g/mol. The van der Waals surface area contributed by atoms with E-state index in [1.807, 2.05) is 6.07 Å². The summed E-state index contributed by atoms with van der Waals surface area (Å²) >= 11 is 2.99. The largest absolute Gasteiger partial charge is 0.455 e. The molecule has 0 bridgehead atoms. The van der Waals surface area contributed by atoms with Crippen LogP contribution in [0, 0.1) is 11.3 Å². The Morgan fingerprint density at radius 1 is 1.10 bits per heavy atom. The van der Waals surface area contributed by atoms with Gasteiger partial charge in [-0.15, -0.1) is 0 Å². The molecule has 2 aromatic carbocycles.